The van der Waals surface area contributed by atoms with E-state index < -0.39 is 0 Å². The van der Waals surface area contributed by atoms with Crippen molar-refractivity contribution in [1.29, 1.82) is 0 Å². The minimum absolute atomic E-state index is 0.567. The third kappa shape index (κ3) is 2.50. The Kier molecular flexibility index (Phi) is 3.52. The van der Waals surface area contributed by atoms with Gasteiger partial charge in [0.2, 0.25) is 0 Å². The maximum atomic E-state index is 5.43. The van der Waals surface area contributed by atoms with Crippen molar-refractivity contribution in [3.63, 3.8) is 0 Å². The van der Waals surface area contributed by atoms with E-state index in [2.05, 4.69) is 45.0 Å². The van der Waals surface area contributed by atoms with Gasteiger partial charge in [0.15, 0.2) is 0 Å². The van der Waals surface area contributed by atoms with Crippen LogP contribution < -0.4 is 0 Å². The van der Waals surface area contributed by atoms with Crippen LogP contribution in [0.15, 0.2) is 22.7 Å². The van der Waals surface area contributed by atoms with Crippen LogP contribution in [0.1, 0.15) is 16.8 Å². The number of halogens is 1. The number of aromatic amines is 1. The molecule has 0 radical (unpaired) electrons. The number of benzene rings is 1. The zero-order valence-electron chi connectivity index (χ0n) is 10.5. The van der Waals surface area contributed by atoms with Crippen LogP contribution in [0.25, 0.3) is 11.4 Å². The maximum Gasteiger partial charge on any atom is 0.139 e. The number of H-pyrrole nitrogens is 1. The molecule has 19 heavy (non-hydrogen) atoms. The molecular formula is C14H13BrN2OS. The van der Waals surface area contributed by atoms with Gasteiger partial charge in [0.25, 0.3) is 0 Å². The molecule has 0 atom stereocenters. The summed E-state index contributed by atoms with van der Waals surface area (Å²) in [6.45, 7) is 3.37. The molecule has 0 saturated heterocycles. The van der Waals surface area contributed by atoms with Gasteiger partial charge in [-0.3, -0.25) is 0 Å². The first-order valence-electron chi connectivity index (χ1n) is 6.11. The van der Waals surface area contributed by atoms with Gasteiger partial charge in [0.1, 0.15) is 10.5 Å². The molecule has 3 nitrogen and oxygen atoms in total. The molecule has 0 saturated carbocycles. The number of fused-ring (bicyclic) bond motifs is 1. The highest BCUT2D eigenvalue weighted by molar-refractivity contribution is 9.10. The molecule has 1 aromatic carbocycles. The lowest BCUT2D eigenvalue weighted by Crippen LogP contribution is -2.14. The Morgan fingerprint density at radius 2 is 2.26 bits per heavy atom. The highest BCUT2D eigenvalue weighted by Gasteiger charge is 2.15. The quantitative estimate of drug-likeness (QED) is 0.801. The first kappa shape index (κ1) is 13.0. The lowest BCUT2D eigenvalue weighted by Gasteiger charge is -2.17. The van der Waals surface area contributed by atoms with Gasteiger partial charge in [-0.25, -0.2) is 4.98 Å². The molecule has 0 fully saturated rings. The van der Waals surface area contributed by atoms with E-state index >= 15 is 0 Å². The summed E-state index contributed by atoms with van der Waals surface area (Å²) in [4.78, 5) is 7.92. The Morgan fingerprint density at radius 3 is 3.05 bits per heavy atom. The monoisotopic (exact) mass is 336 g/mol. The predicted molar refractivity (Wildman–Crippen MR) is 80.7 cm³/mol. The Hall–Kier alpha value is -1.04. The summed E-state index contributed by atoms with van der Waals surface area (Å²) in [5.41, 5.74) is 4.44. The van der Waals surface area contributed by atoms with Gasteiger partial charge in [-0.1, -0.05) is 28.1 Å². The first-order valence-corrected chi connectivity index (χ1v) is 7.31. The summed E-state index contributed by atoms with van der Waals surface area (Å²) < 4.78 is 7.14. The maximum absolute atomic E-state index is 5.43. The standard InChI is InChI=1S/C14H13BrN2OS/c1-8-6-9(15)2-3-10(8)13-16-12-4-5-18-7-11(12)14(19)17-13/h2-3,6H,4-5,7H2,1H3,(H,16,17,19). The summed E-state index contributed by atoms with van der Waals surface area (Å²) in [6.07, 6.45) is 0.865. The Labute approximate surface area is 125 Å². The van der Waals surface area contributed by atoms with Gasteiger partial charge in [-0.2, -0.15) is 0 Å². The summed E-state index contributed by atoms with van der Waals surface area (Å²) >= 11 is 8.85. The SMILES string of the molecule is Cc1cc(Br)ccc1-c1nc(=S)c2c([nH]1)CCOC2. The largest absolute Gasteiger partial charge is 0.376 e. The molecule has 5 heteroatoms. The highest BCUT2D eigenvalue weighted by Crippen LogP contribution is 2.25. The zero-order chi connectivity index (χ0) is 13.4. The summed E-state index contributed by atoms with van der Waals surface area (Å²) in [5.74, 6) is 0.843. The normalized spacial score (nSPS) is 14.2. The van der Waals surface area contributed by atoms with Crippen LogP contribution in [0.2, 0.25) is 0 Å². The number of aryl methyl sites for hydroxylation is 1. The van der Waals surface area contributed by atoms with Crippen molar-refractivity contribution < 1.29 is 4.74 Å². The number of rotatable bonds is 1. The van der Waals surface area contributed by atoms with Gasteiger partial charge in [0.05, 0.1) is 13.2 Å². The number of hydrogen-bond acceptors (Lipinski definition) is 3. The van der Waals surface area contributed by atoms with Crippen LogP contribution in [0.3, 0.4) is 0 Å². The average molecular weight is 337 g/mol. The minimum Gasteiger partial charge on any atom is -0.376 e. The van der Waals surface area contributed by atoms with E-state index in [9.17, 15) is 0 Å². The van der Waals surface area contributed by atoms with Crippen molar-refractivity contribution in [1.82, 2.24) is 9.97 Å². The summed E-state index contributed by atoms with van der Waals surface area (Å²) in [7, 11) is 0. The number of aromatic nitrogens is 2. The second-order valence-corrected chi connectivity index (χ2v) is 5.91. The van der Waals surface area contributed by atoms with Crippen LogP contribution in [-0.4, -0.2) is 16.6 Å². The van der Waals surface area contributed by atoms with Crippen LogP contribution in [0.5, 0.6) is 0 Å². The Morgan fingerprint density at radius 1 is 1.42 bits per heavy atom. The second kappa shape index (κ2) is 5.15. The zero-order valence-corrected chi connectivity index (χ0v) is 12.9. The average Bonchev–Trinajstić information content (AvgIpc) is 2.38. The van der Waals surface area contributed by atoms with Crippen molar-refractivity contribution >= 4 is 28.1 Å². The molecule has 0 spiro atoms. The van der Waals surface area contributed by atoms with E-state index in [4.69, 9.17) is 17.0 Å². The van der Waals surface area contributed by atoms with Crippen LogP contribution in [0, 0.1) is 11.6 Å². The van der Waals surface area contributed by atoms with Crippen LogP contribution in [0.4, 0.5) is 0 Å². The first-order chi connectivity index (χ1) is 9.15. The molecule has 0 amide bonds. The van der Waals surface area contributed by atoms with E-state index in [0.29, 0.717) is 11.2 Å². The number of hydrogen-bond donors (Lipinski definition) is 1. The molecule has 1 aliphatic heterocycles. The van der Waals surface area contributed by atoms with E-state index in [1.54, 1.807) is 0 Å². The molecule has 3 rings (SSSR count). The fourth-order valence-electron chi connectivity index (χ4n) is 2.28. The fourth-order valence-corrected chi connectivity index (χ4v) is 3.02. The number of nitrogens with zero attached hydrogens (tertiary/aromatic N) is 1. The molecule has 1 aliphatic rings. The number of ether oxygens (including phenoxy) is 1. The van der Waals surface area contributed by atoms with E-state index in [1.165, 1.54) is 5.56 Å². The van der Waals surface area contributed by atoms with Crippen LogP contribution in [-0.2, 0) is 17.8 Å². The topological polar surface area (TPSA) is 37.9 Å². The molecule has 1 N–H and O–H groups in total. The van der Waals surface area contributed by atoms with Crippen LogP contribution >= 0.6 is 28.1 Å². The molecule has 1 aromatic heterocycles. The van der Waals surface area contributed by atoms with E-state index in [0.717, 1.165) is 40.1 Å². The van der Waals surface area contributed by atoms with Crippen molar-refractivity contribution in [3.05, 3.63) is 44.1 Å². The Balaban J connectivity index is 2.15. The molecular weight excluding hydrogens is 324 g/mol. The smallest absolute Gasteiger partial charge is 0.139 e. The molecule has 0 bridgehead atoms. The van der Waals surface area contributed by atoms with Gasteiger partial charge in [-0.15, -0.1) is 0 Å². The van der Waals surface area contributed by atoms with Crippen molar-refractivity contribution in [2.24, 2.45) is 0 Å². The van der Waals surface area contributed by atoms with E-state index in [1.807, 2.05) is 6.07 Å². The van der Waals surface area contributed by atoms with Crippen molar-refractivity contribution in [2.45, 2.75) is 20.0 Å². The molecule has 2 aromatic rings. The molecule has 0 unspecified atom stereocenters. The van der Waals surface area contributed by atoms with Gasteiger partial charge < -0.3 is 9.72 Å². The Bertz CT molecular complexity index is 696. The fraction of sp³-hybridized carbons (Fsp3) is 0.286. The summed E-state index contributed by atoms with van der Waals surface area (Å²) in [5, 5.41) is 0. The summed E-state index contributed by atoms with van der Waals surface area (Å²) in [6, 6.07) is 6.15. The lowest BCUT2D eigenvalue weighted by atomic mass is 10.1. The second-order valence-electron chi connectivity index (χ2n) is 4.61. The third-order valence-corrected chi connectivity index (χ3v) is 4.12. The molecule has 98 valence electrons. The highest BCUT2D eigenvalue weighted by atomic mass is 79.9. The van der Waals surface area contributed by atoms with Gasteiger partial charge in [0, 0.05) is 27.7 Å². The molecule has 0 aliphatic carbocycles. The predicted octanol–water partition coefficient (Wildman–Crippen LogP) is 3.95. The molecule has 2 heterocycles. The van der Waals surface area contributed by atoms with Crippen molar-refractivity contribution in [2.75, 3.05) is 6.61 Å². The van der Waals surface area contributed by atoms with Crippen molar-refractivity contribution in [3.8, 4) is 11.4 Å². The van der Waals surface area contributed by atoms with E-state index in [-0.39, 0.29) is 0 Å². The third-order valence-electron chi connectivity index (χ3n) is 3.29. The lowest BCUT2D eigenvalue weighted by molar-refractivity contribution is 0.108. The van der Waals surface area contributed by atoms with Gasteiger partial charge in [-0.05, 0) is 30.7 Å². The number of nitrogens with one attached hydrogen (secondary N) is 1. The van der Waals surface area contributed by atoms with Gasteiger partial charge >= 0.3 is 0 Å². The minimum atomic E-state index is 0.567.